The summed E-state index contributed by atoms with van der Waals surface area (Å²) < 4.78 is 0. The molecule has 3 unspecified atom stereocenters. The summed E-state index contributed by atoms with van der Waals surface area (Å²) >= 11 is 0. The van der Waals surface area contributed by atoms with Crippen molar-refractivity contribution in [2.24, 2.45) is 11.7 Å². The maximum atomic E-state index is 12.9. The molecule has 1 fully saturated rings. The maximum absolute atomic E-state index is 12.9. The second-order valence-corrected chi connectivity index (χ2v) is 6.73. The van der Waals surface area contributed by atoms with Crippen molar-refractivity contribution in [2.75, 3.05) is 0 Å². The van der Waals surface area contributed by atoms with Gasteiger partial charge in [-0.1, -0.05) is 31.2 Å². The van der Waals surface area contributed by atoms with E-state index >= 15 is 0 Å². The maximum Gasteiger partial charge on any atom is 0.227 e. The molecule has 0 spiro atoms. The number of fused-ring (bicyclic) bond motifs is 1. The normalized spacial score (nSPS) is 24.0. The topological polar surface area (TPSA) is 46.3 Å². The van der Waals surface area contributed by atoms with Crippen LogP contribution in [0.2, 0.25) is 0 Å². The molecule has 3 rings (SSSR count). The standard InChI is InChI=1S/C18H26N2O/c1-12(13(2)19)18(21)20(15-10-11-15)17-9-5-7-14-6-3-4-8-16(14)17/h3-4,6,8,12-13,15,17H,5,7,9-11,19H2,1-2H3. The van der Waals surface area contributed by atoms with E-state index in [1.54, 1.807) is 0 Å². The Hall–Kier alpha value is -1.35. The molecule has 1 aromatic rings. The fourth-order valence-corrected chi connectivity index (χ4v) is 3.42. The van der Waals surface area contributed by atoms with Crippen molar-refractivity contribution in [3.63, 3.8) is 0 Å². The molecule has 1 aromatic carbocycles. The Morgan fingerprint density at radius 3 is 2.62 bits per heavy atom. The van der Waals surface area contributed by atoms with E-state index in [-0.39, 0.29) is 23.9 Å². The van der Waals surface area contributed by atoms with Crippen LogP contribution in [0.5, 0.6) is 0 Å². The van der Waals surface area contributed by atoms with Gasteiger partial charge >= 0.3 is 0 Å². The Morgan fingerprint density at radius 2 is 1.95 bits per heavy atom. The monoisotopic (exact) mass is 286 g/mol. The first-order chi connectivity index (χ1) is 10.1. The Morgan fingerprint density at radius 1 is 1.24 bits per heavy atom. The third kappa shape index (κ3) is 2.84. The van der Waals surface area contributed by atoms with Crippen molar-refractivity contribution in [2.45, 2.75) is 64.1 Å². The fraction of sp³-hybridized carbons (Fsp3) is 0.611. The molecule has 3 heteroatoms. The molecule has 0 aromatic heterocycles. The molecule has 2 aliphatic carbocycles. The highest BCUT2D eigenvalue weighted by molar-refractivity contribution is 5.80. The third-order valence-corrected chi connectivity index (χ3v) is 5.05. The van der Waals surface area contributed by atoms with Gasteiger partial charge in [-0.15, -0.1) is 0 Å². The fourth-order valence-electron chi connectivity index (χ4n) is 3.42. The van der Waals surface area contributed by atoms with E-state index in [0.29, 0.717) is 6.04 Å². The van der Waals surface area contributed by atoms with Gasteiger partial charge in [0.1, 0.15) is 0 Å². The van der Waals surface area contributed by atoms with Crippen LogP contribution in [0.4, 0.5) is 0 Å². The van der Waals surface area contributed by atoms with E-state index in [9.17, 15) is 4.79 Å². The van der Waals surface area contributed by atoms with E-state index in [1.165, 1.54) is 17.5 Å². The van der Waals surface area contributed by atoms with Crippen LogP contribution < -0.4 is 5.73 Å². The van der Waals surface area contributed by atoms with Crippen molar-refractivity contribution in [1.29, 1.82) is 0 Å². The van der Waals surface area contributed by atoms with E-state index in [4.69, 9.17) is 5.73 Å². The Balaban J connectivity index is 1.90. The lowest BCUT2D eigenvalue weighted by atomic mass is 9.86. The van der Waals surface area contributed by atoms with Crippen molar-refractivity contribution < 1.29 is 4.79 Å². The highest BCUT2D eigenvalue weighted by atomic mass is 16.2. The Labute approximate surface area is 127 Å². The largest absolute Gasteiger partial charge is 0.332 e. The van der Waals surface area contributed by atoms with Crippen LogP contribution >= 0.6 is 0 Å². The van der Waals surface area contributed by atoms with Crippen LogP contribution in [0.25, 0.3) is 0 Å². The summed E-state index contributed by atoms with van der Waals surface area (Å²) in [6.07, 6.45) is 5.70. The second kappa shape index (κ2) is 5.80. The lowest BCUT2D eigenvalue weighted by molar-refractivity contribution is -0.139. The quantitative estimate of drug-likeness (QED) is 0.924. The number of amides is 1. The van der Waals surface area contributed by atoms with E-state index in [1.807, 2.05) is 13.8 Å². The first kappa shape index (κ1) is 14.6. The Kier molecular flexibility index (Phi) is 4.03. The van der Waals surface area contributed by atoms with Gasteiger partial charge in [-0.3, -0.25) is 4.79 Å². The molecule has 21 heavy (non-hydrogen) atoms. The summed E-state index contributed by atoms with van der Waals surface area (Å²) in [5.41, 5.74) is 8.75. The van der Waals surface area contributed by atoms with Gasteiger partial charge < -0.3 is 10.6 Å². The molecular weight excluding hydrogens is 260 g/mol. The van der Waals surface area contributed by atoms with E-state index < -0.39 is 0 Å². The van der Waals surface area contributed by atoms with Crippen molar-refractivity contribution in [3.8, 4) is 0 Å². The number of carbonyl (C=O) groups is 1. The van der Waals surface area contributed by atoms with Gasteiger partial charge in [0.15, 0.2) is 0 Å². The molecule has 1 saturated carbocycles. The first-order valence-electron chi connectivity index (χ1n) is 8.25. The number of hydrogen-bond donors (Lipinski definition) is 1. The zero-order chi connectivity index (χ0) is 15.0. The summed E-state index contributed by atoms with van der Waals surface area (Å²) in [4.78, 5) is 15.1. The number of nitrogens with zero attached hydrogens (tertiary/aromatic N) is 1. The van der Waals surface area contributed by atoms with Gasteiger partial charge in [0.2, 0.25) is 5.91 Å². The minimum Gasteiger partial charge on any atom is -0.332 e. The highest BCUT2D eigenvalue weighted by Crippen LogP contribution is 2.41. The molecule has 0 saturated heterocycles. The minimum atomic E-state index is -0.0975. The SMILES string of the molecule is CC(N)C(C)C(=O)N(C1CC1)C1CCCc2ccccc21. The second-order valence-electron chi connectivity index (χ2n) is 6.73. The van der Waals surface area contributed by atoms with Crippen LogP contribution in [0.15, 0.2) is 24.3 Å². The smallest absolute Gasteiger partial charge is 0.227 e. The van der Waals surface area contributed by atoms with Crippen LogP contribution in [0, 0.1) is 5.92 Å². The molecule has 0 radical (unpaired) electrons. The average molecular weight is 286 g/mol. The molecular formula is C18H26N2O. The number of hydrogen-bond acceptors (Lipinski definition) is 2. The van der Waals surface area contributed by atoms with Gasteiger partial charge in [0, 0.05) is 12.1 Å². The molecule has 2 N–H and O–H groups in total. The predicted octanol–water partition coefficient (Wildman–Crippen LogP) is 3.04. The Bertz CT molecular complexity index is 522. The number of nitrogens with two attached hydrogens (primary N) is 1. The first-order valence-corrected chi connectivity index (χ1v) is 8.25. The average Bonchev–Trinajstić information content (AvgIpc) is 3.31. The molecule has 0 bridgehead atoms. The molecule has 1 amide bonds. The molecule has 3 nitrogen and oxygen atoms in total. The van der Waals surface area contributed by atoms with Crippen molar-refractivity contribution in [3.05, 3.63) is 35.4 Å². The van der Waals surface area contributed by atoms with Crippen LogP contribution in [0.3, 0.4) is 0 Å². The summed E-state index contributed by atoms with van der Waals surface area (Å²) in [5, 5.41) is 0. The zero-order valence-electron chi connectivity index (χ0n) is 13.1. The van der Waals surface area contributed by atoms with Crippen LogP contribution in [-0.4, -0.2) is 22.9 Å². The number of rotatable bonds is 4. The van der Waals surface area contributed by atoms with Gasteiger partial charge in [0.25, 0.3) is 0 Å². The molecule has 0 aliphatic heterocycles. The summed E-state index contributed by atoms with van der Waals surface area (Å²) in [7, 11) is 0. The minimum absolute atomic E-state index is 0.0856. The van der Waals surface area contributed by atoms with Crippen LogP contribution in [0.1, 0.15) is 56.7 Å². The summed E-state index contributed by atoms with van der Waals surface area (Å²) in [5.74, 6) is 0.147. The van der Waals surface area contributed by atoms with Crippen molar-refractivity contribution in [1.82, 2.24) is 4.90 Å². The number of carbonyl (C=O) groups excluding carboxylic acids is 1. The van der Waals surface area contributed by atoms with Crippen molar-refractivity contribution >= 4 is 5.91 Å². The summed E-state index contributed by atoms with van der Waals surface area (Å²) in [6.45, 7) is 3.90. The third-order valence-electron chi connectivity index (χ3n) is 5.05. The lowest BCUT2D eigenvalue weighted by Gasteiger charge is -2.38. The molecule has 3 atom stereocenters. The van der Waals surface area contributed by atoms with Crippen LogP contribution in [-0.2, 0) is 11.2 Å². The van der Waals surface area contributed by atoms with E-state index in [0.717, 1.165) is 25.7 Å². The molecule has 0 heterocycles. The predicted molar refractivity (Wildman–Crippen MR) is 84.8 cm³/mol. The van der Waals surface area contributed by atoms with E-state index in [2.05, 4.69) is 29.2 Å². The number of aryl methyl sites for hydroxylation is 1. The van der Waals surface area contributed by atoms with Gasteiger partial charge in [0.05, 0.1) is 12.0 Å². The zero-order valence-corrected chi connectivity index (χ0v) is 13.1. The van der Waals surface area contributed by atoms with Gasteiger partial charge in [-0.05, 0) is 50.2 Å². The van der Waals surface area contributed by atoms with Gasteiger partial charge in [-0.25, -0.2) is 0 Å². The highest BCUT2D eigenvalue weighted by Gasteiger charge is 2.41. The van der Waals surface area contributed by atoms with Gasteiger partial charge in [-0.2, -0.15) is 0 Å². The number of benzene rings is 1. The molecule has 114 valence electrons. The molecule has 2 aliphatic rings. The lowest BCUT2D eigenvalue weighted by Crippen LogP contribution is -2.45. The summed E-state index contributed by atoms with van der Waals surface area (Å²) in [6, 6.07) is 9.24.